The summed E-state index contributed by atoms with van der Waals surface area (Å²) in [7, 11) is 0. The standard InChI is InChI=1S/C12H21NO3/c1-7-11(14)13(8(2)3)10(6)12(15)16-9(4)5/h7-10H,1H2,2-6H3. The predicted molar refractivity (Wildman–Crippen MR) is 62.9 cm³/mol. The molecule has 16 heavy (non-hydrogen) atoms. The van der Waals surface area contributed by atoms with Gasteiger partial charge in [0.25, 0.3) is 0 Å². The molecule has 0 heterocycles. The SMILES string of the molecule is C=CC(=O)N(C(C)C)C(C)C(=O)OC(C)C. The highest BCUT2D eigenvalue weighted by Gasteiger charge is 2.28. The number of amides is 1. The molecule has 4 heteroatoms. The van der Waals surface area contributed by atoms with Crippen LogP contribution < -0.4 is 0 Å². The summed E-state index contributed by atoms with van der Waals surface area (Å²) in [5.41, 5.74) is 0. The van der Waals surface area contributed by atoms with Gasteiger partial charge in [-0.05, 0) is 40.7 Å². The van der Waals surface area contributed by atoms with Crippen molar-refractivity contribution in [3.8, 4) is 0 Å². The van der Waals surface area contributed by atoms with Crippen molar-refractivity contribution in [3.05, 3.63) is 12.7 Å². The van der Waals surface area contributed by atoms with Gasteiger partial charge in [-0.3, -0.25) is 4.79 Å². The molecule has 1 unspecified atom stereocenters. The molecule has 0 saturated heterocycles. The van der Waals surface area contributed by atoms with E-state index in [2.05, 4.69) is 6.58 Å². The molecule has 1 amide bonds. The van der Waals surface area contributed by atoms with Gasteiger partial charge in [0.1, 0.15) is 6.04 Å². The van der Waals surface area contributed by atoms with Crippen LogP contribution in [0.25, 0.3) is 0 Å². The van der Waals surface area contributed by atoms with E-state index in [-0.39, 0.29) is 24.0 Å². The Morgan fingerprint density at radius 1 is 1.19 bits per heavy atom. The first kappa shape index (κ1) is 14.7. The Labute approximate surface area is 97.3 Å². The van der Waals surface area contributed by atoms with Crippen LogP contribution in [0.1, 0.15) is 34.6 Å². The summed E-state index contributed by atoms with van der Waals surface area (Å²) < 4.78 is 5.07. The van der Waals surface area contributed by atoms with Gasteiger partial charge in [-0.25, -0.2) is 4.79 Å². The lowest BCUT2D eigenvalue weighted by molar-refractivity contribution is -0.157. The molecule has 92 valence electrons. The summed E-state index contributed by atoms with van der Waals surface area (Å²) in [6.45, 7) is 12.3. The first-order valence-electron chi connectivity index (χ1n) is 5.46. The second-order valence-corrected chi connectivity index (χ2v) is 4.20. The lowest BCUT2D eigenvalue weighted by atomic mass is 10.2. The first-order valence-corrected chi connectivity index (χ1v) is 5.46. The molecule has 0 N–H and O–H groups in total. The Bertz CT molecular complexity index is 271. The number of nitrogens with zero attached hydrogens (tertiary/aromatic N) is 1. The van der Waals surface area contributed by atoms with E-state index >= 15 is 0 Å². The molecule has 0 aliphatic rings. The fourth-order valence-corrected chi connectivity index (χ4v) is 1.44. The molecular formula is C12H21NO3. The molecule has 0 bridgehead atoms. The van der Waals surface area contributed by atoms with Crippen molar-refractivity contribution in [2.24, 2.45) is 0 Å². The molecular weight excluding hydrogens is 206 g/mol. The third-order valence-electron chi connectivity index (χ3n) is 2.10. The van der Waals surface area contributed by atoms with Crippen LogP contribution in [-0.4, -0.2) is 35.0 Å². The van der Waals surface area contributed by atoms with E-state index in [9.17, 15) is 9.59 Å². The van der Waals surface area contributed by atoms with Gasteiger partial charge in [-0.1, -0.05) is 6.58 Å². The minimum atomic E-state index is -0.590. The zero-order valence-electron chi connectivity index (χ0n) is 10.7. The van der Waals surface area contributed by atoms with Crippen LogP contribution in [-0.2, 0) is 14.3 Å². The van der Waals surface area contributed by atoms with E-state index in [1.165, 1.54) is 11.0 Å². The number of esters is 1. The van der Waals surface area contributed by atoms with Gasteiger partial charge >= 0.3 is 5.97 Å². The van der Waals surface area contributed by atoms with E-state index in [4.69, 9.17) is 4.74 Å². The molecule has 1 atom stereocenters. The molecule has 0 fully saturated rings. The van der Waals surface area contributed by atoms with Gasteiger partial charge in [0.2, 0.25) is 5.91 Å². The highest BCUT2D eigenvalue weighted by atomic mass is 16.5. The highest BCUT2D eigenvalue weighted by Crippen LogP contribution is 2.09. The number of carbonyl (C=O) groups excluding carboxylic acids is 2. The largest absolute Gasteiger partial charge is 0.461 e. The number of hydrogen-bond acceptors (Lipinski definition) is 3. The van der Waals surface area contributed by atoms with Crippen molar-refractivity contribution >= 4 is 11.9 Å². The lowest BCUT2D eigenvalue weighted by Gasteiger charge is -2.30. The third-order valence-corrected chi connectivity index (χ3v) is 2.10. The summed E-state index contributed by atoms with van der Waals surface area (Å²) in [4.78, 5) is 24.7. The van der Waals surface area contributed by atoms with Crippen molar-refractivity contribution in [1.29, 1.82) is 0 Å². The Kier molecular flexibility index (Phi) is 5.78. The first-order chi connectivity index (χ1) is 7.31. The van der Waals surface area contributed by atoms with Crippen LogP contribution in [0.15, 0.2) is 12.7 Å². The van der Waals surface area contributed by atoms with Gasteiger partial charge in [-0.15, -0.1) is 0 Å². The van der Waals surface area contributed by atoms with Crippen LogP contribution in [0.4, 0.5) is 0 Å². The van der Waals surface area contributed by atoms with Crippen molar-refractivity contribution in [2.75, 3.05) is 0 Å². The number of ether oxygens (including phenoxy) is 1. The molecule has 0 aromatic carbocycles. The number of rotatable bonds is 5. The Morgan fingerprint density at radius 2 is 1.69 bits per heavy atom. The minimum absolute atomic E-state index is 0.0692. The quantitative estimate of drug-likeness (QED) is 0.531. The summed E-state index contributed by atoms with van der Waals surface area (Å²) in [6.07, 6.45) is 1.03. The average Bonchev–Trinajstić information content (AvgIpc) is 2.15. The molecule has 0 spiro atoms. The van der Waals surface area contributed by atoms with Gasteiger partial charge in [-0.2, -0.15) is 0 Å². The molecule has 0 aromatic rings. The normalized spacial score (nSPS) is 12.4. The average molecular weight is 227 g/mol. The molecule has 0 aliphatic heterocycles. The lowest BCUT2D eigenvalue weighted by Crippen LogP contribution is -2.47. The van der Waals surface area contributed by atoms with Gasteiger partial charge in [0.05, 0.1) is 6.10 Å². The van der Waals surface area contributed by atoms with E-state index in [1.54, 1.807) is 20.8 Å². The van der Waals surface area contributed by atoms with Gasteiger partial charge in [0, 0.05) is 6.04 Å². The van der Waals surface area contributed by atoms with Crippen LogP contribution in [0.3, 0.4) is 0 Å². The van der Waals surface area contributed by atoms with Gasteiger partial charge < -0.3 is 9.64 Å². The maximum Gasteiger partial charge on any atom is 0.328 e. The van der Waals surface area contributed by atoms with Crippen molar-refractivity contribution < 1.29 is 14.3 Å². The minimum Gasteiger partial charge on any atom is -0.461 e. The van der Waals surface area contributed by atoms with Gasteiger partial charge in [0.15, 0.2) is 0 Å². The molecule has 0 saturated carbocycles. The second-order valence-electron chi connectivity index (χ2n) is 4.20. The fraction of sp³-hybridized carbons (Fsp3) is 0.667. The zero-order valence-corrected chi connectivity index (χ0v) is 10.7. The molecule has 0 rings (SSSR count). The smallest absolute Gasteiger partial charge is 0.328 e. The Balaban J connectivity index is 4.74. The summed E-state index contributed by atoms with van der Waals surface area (Å²) in [5.74, 6) is -0.651. The number of carbonyl (C=O) groups is 2. The maximum absolute atomic E-state index is 11.7. The van der Waals surface area contributed by atoms with E-state index in [1.807, 2.05) is 13.8 Å². The van der Waals surface area contributed by atoms with E-state index < -0.39 is 6.04 Å². The maximum atomic E-state index is 11.7. The molecule has 0 aromatic heterocycles. The fourth-order valence-electron chi connectivity index (χ4n) is 1.44. The highest BCUT2D eigenvalue weighted by molar-refractivity contribution is 5.91. The molecule has 0 radical (unpaired) electrons. The van der Waals surface area contributed by atoms with Crippen LogP contribution in [0, 0.1) is 0 Å². The topological polar surface area (TPSA) is 46.6 Å². The van der Waals surface area contributed by atoms with Crippen LogP contribution in [0.5, 0.6) is 0 Å². The predicted octanol–water partition coefficient (Wildman–Crippen LogP) is 1.75. The van der Waals surface area contributed by atoms with Crippen molar-refractivity contribution in [2.45, 2.75) is 52.8 Å². The summed E-state index contributed by atoms with van der Waals surface area (Å²) in [5, 5.41) is 0. The van der Waals surface area contributed by atoms with E-state index in [0.717, 1.165) is 0 Å². The van der Waals surface area contributed by atoms with E-state index in [0.29, 0.717) is 0 Å². The monoisotopic (exact) mass is 227 g/mol. The third kappa shape index (κ3) is 4.04. The number of hydrogen-bond donors (Lipinski definition) is 0. The Morgan fingerprint density at radius 3 is 2.00 bits per heavy atom. The van der Waals surface area contributed by atoms with Crippen molar-refractivity contribution in [1.82, 2.24) is 4.90 Å². The molecule has 0 aliphatic carbocycles. The summed E-state index contributed by atoms with van der Waals surface area (Å²) >= 11 is 0. The molecule has 4 nitrogen and oxygen atoms in total. The van der Waals surface area contributed by atoms with Crippen LogP contribution in [0.2, 0.25) is 0 Å². The Hall–Kier alpha value is -1.32. The second kappa shape index (κ2) is 6.30. The summed E-state index contributed by atoms with van der Waals surface area (Å²) in [6, 6.07) is -0.659. The van der Waals surface area contributed by atoms with Crippen molar-refractivity contribution in [3.63, 3.8) is 0 Å². The van der Waals surface area contributed by atoms with Crippen LogP contribution >= 0.6 is 0 Å². The zero-order chi connectivity index (χ0) is 12.9.